The molecule has 0 unspecified atom stereocenters. The van der Waals surface area contributed by atoms with E-state index >= 15 is 0 Å². The molecule has 0 amide bonds. The third-order valence-corrected chi connectivity index (χ3v) is 6.33. The molecule has 31 heavy (non-hydrogen) atoms. The van der Waals surface area contributed by atoms with Crippen molar-refractivity contribution in [3.63, 3.8) is 0 Å². The summed E-state index contributed by atoms with van der Waals surface area (Å²) in [6.07, 6.45) is 0.659. The smallest absolute Gasteiger partial charge is 0.196 e. The lowest BCUT2D eigenvalue weighted by Crippen LogP contribution is -2.07. The lowest BCUT2D eigenvalue weighted by atomic mass is 10.1. The molecule has 0 fully saturated rings. The molecule has 4 nitrogen and oxygen atoms in total. The molecule has 6 heteroatoms. The zero-order chi connectivity index (χ0) is 21.8. The monoisotopic (exact) mass is 447 g/mol. The number of thioether (sulfide) groups is 1. The van der Waals surface area contributed by atoms with Gasteiger partial charge >= 0.3 is 0 Å². The summed E-state index contributed by atoms with van der Waals surface area (Å²) < 4.78 is 2.05. The van der Waals surface area contributed by atoms with Crippen molar-refractivity contribution < 1.29 is 4.79 Å². The largest absolute Gasteiger partial charge is 0.293 e. The normalized spacial score (nSPS) is 10.9. The summed E-state index contributed by atoms with van der Waals surface area (Å²) >= 11 is 7.33. The number of nitrogens with zero attached hydrogens (tertiary/aromatic N) is 3. The van der Waals surface area contributed by atoms with E-state index in [2.05, 4.69) is 58.9 Å². The third-order valence-electron chi connectivity index (χ3n) is 5.15. The van der Waals surface area contributed by atoms with Crippen LogP contribution < -0.4 is 0 Å². The highest BCUT2D eigenvalue weighted by Gasteiger charge is 2.17. The van der Waals surface area contributed by atoms with E-state index in [0.717, 1.165) is 17.1 Å². The first kappa shape index (κ1) is 21.3. The molecule has 0 N–H and O–H groups in total. The van der Waals surface area contributed by atoms with Crippen LogP contribution in [0.4, 0.5) is 0 Å². The molecular formula is C25H22ClN3OS. The van der Waals surface area contributed by atoms with Crippen LogP contribution in [0.5, 0.6) is 0 Å². The molecule has 0 aliphatic heterocycles. The molecule has 1 heterocycles. The summed E-state index contributed by atoms with van der Waals surface area (Å²) in [5, 5.41) is 10.2. The van der Waals surface area contributed by atoms with Gasteiger partial charge in [-0.05, 0) is 66.9 Å². The zero-order valence-corrected chi connectivity index (χ0v) is 19.0. The fourth-order valence-electron chi connectivity index (χ4n) is 3.26. The van der Waals surface area contributed by atoms with Gasteiger partial charge in [0.05, 0.1) is 5.75 Å². The van der Waals surface area contributed by atoms with Crippen LogP contribution in [0.25, 0.3) is 5.69 Å². The fraction of sp³-hybridized carbons (Fsp3) is 0.160. The molecule has 0 saturated carbocycles. The van der Waals surface area contributed by atoms with Crippen LogP contribution in [0.2, 0.25) is 5.02 Å². The van der Waals surface area contributed by atoms with Gasteiger partial charge in [0.1, 0.15) is 5.82 Å². The van der Waals surface area contributed by atoms with Gasteiger partial charge in [-0.2, -0.15) is 0 Å². The molecular weight excluding hydrogens is 426 g/mol. The number of carbonyl (C=O) groups is 1. The van der Waals surface area contributed by atoms with E-state index in [0.29, 0.717) is 22.2 Å². The molecule has 0 atom stereocenters. The molecule has 4 aromatic rings. The summed E-state index contributed by atoms with van der Waals surface area (Å²) in [6, 6.07) is 23.5. The molecule has 4 rings (SSSR count). The first-order valence-electron chi connectivity index (χ1n) is 9.98. The van der Waals surface area contributed by atoms with Crippen molar-refractivity contribution in [2.45, 2.75) is 25.4 Å². The van der Waals surface area contributed by atoms with E-state index in [4.69, 9.17) is 11.6 Å². The topological polar surface area (TPSA) is 47.8 Å². The van der Waals surface area contributed by atoms with Crippen LogP contribution >= 0.6 is 23.4 Å². The fourth-order valence-corrected chi connectivity index (χ4v) is 4.25. The molecule has 0 saturated heterocycles. The van der Waals surface area contributed by atoms with Gasteiger partial charge in [-0.3, -0.25) is 9.36 Å². The zero-order valence-electron chi connectivity index (χ0n) is 17.4. The average Bonchev–Trinajstić information content (AvgIpc) is 3.17. The molecule has 156 valence electrons. The maximum atomic E-state index is 12.7. The maximum Gasteiger partial charge on any atom is 0.196 e. The van der Waals surface area contributed by atoms with E-state index in [1.165, 1.54) is 22.9 Å². The van der Waals surface area contributed by atoms with Gasteiger partial charge in [0.15, 0.2) is 10.9 Å². The van der Waals surface area contributed by atoms with Crippen molar-refractivity contribution in [1.29, 1.82) is 0 Å². The lowest BCUT2D eigenvalue weighted by molar-refractivity contribution is 0.102. The van der Waals surface area contributed by atoms with Crippen LogP contribution in [0, 0.1) is 13.8 Å². The standard InChI is InChI=1S/C25H22ClN3OS/c1-17-8-13-22(14-18(17)2)29-24(15-19-6-4-3-5-7-19)27-28-25(29)31-16-23(30)20-9-11-21(26)12-10-20/h3-14H,15-16H2,1-2H3. The Morgan fingerprint density at radius 2 is 1.68 bits per heavy atom. The second-order valence-electron chi connectivity index (χ2n) is 7.38. The molecule has 0 aliphatic rings. The van der Waals surface area contributed by atoms with E-state index in [9.17, 15) is 4.79 Å². The van der Waals surface area contributed by atoms with Crippen LogP contribution in [0.1, 0.15) is 32.9 Å². The van der Waals surface area contributed by atoms with Gasteiger partial charge in [-0.15, -0.1) is 10.2 Å². The number of hydrogen-bond donors (Lipinski definition) is 0. The minimum Gasteiger partial charge on any atom is -0.293 e. The Labute approximate surface area is 191 Å². The van der Waals surface area contributed by atoms with E-state index in [-0.39, 0.29) is 11.5 Å². The number of aryl methyl sites for hydroxylation is 2. The molecule has 0 aliphatic carbocycles. The van der Waals surface area contributed by atoms with Crippen LogP contribution in [0.3, 0.4) is 0 Å². The summed E-state index contributed by atoms with van der Waals surface area (Å²) in [6.45, 7) is 4.19. The highest BCUT2D eigenvalue weighted by Crippen LogP contribution is 2.26. The van der Waals surface area contributed by atoms with Gasteiger partial charge in [0.2, 0.25) is 0 Å². The van der Waals surface area contributed by atoms with Crippen molar-refractivity contribution in [2.75, 3.05) is 5.75 Å². The Balaban J connectivity index is 1.64. The highest BCUT2D eigenvalue weighted by atomic mass is 35.5. The van der Waals surface area contributed by atoms with Crippen molar-refractivity contribution >= 4 is 29.1 Å². The van der Waals surface area contributed by atoms with E-state index in [1.807, 2.05) is 18.2 Å². The molecule has 0 bridgehead atoms. The van der Waals surface area contributed by atoms with Crippen molar-refractivity contribution in [3.8, 4) is 5.69 Å². The van der Waals surface area contributed by atoms with Gasteiger partial charge in [0.25, 0.3) is 0 Å². The number of Topliss-reactive ketones (excluding diaryl/α,β-unsaturated/α-hetero) is 1. The van der Waals surface area contributed by atoms with Gasteiger partial charge in [-0.25, -0.2) is 0 Å². The van der Waals surface area contributed by atoms with Crippen molar-refractivity contribution in [2.24, 2.45) is 0 Å². The Morgan fingerprint density at radius 3 is 2.39 bits per heavy atom. The number of benzene rings is 3. The number of hydrogen-bond acceptors (Lipinski definition) is 4. The first-order chi connectivity index (χ1) is 15.0. The summed E-state index contributed by atoms with van der Waals surface area (Å²) in [4.78, 5) is 12.7. The Morgan fingerprint density at radius 1 is 0.935 bits per heavy atom. The van der Waals surface area contributed by atoms with Crippen LogP contribution in [0.15, 0.2) is 78.0 Å². The Hall–Kier alpha value is -2.89. The molecule has 0 radical (unpaired) electrons. The summed E-state index contributed by atoms with van der Waals surface area (Å²) in [5.74, 6) is 1.15. The third kappa shape index (κ3) is 5.06. The number of halogens is 1. The Kier molecular flexibility index (Phi) is 6.54. The second-order valence-corrected chi connectivity index (χ2v) is 8.76. The SMILES string of the molecule is Cc1ccc(-n2c(Cc3ccccc3)nnc2SCC(=O)c2ccc(Cl)cc2)cc1C. The predicted molar refractivity (Wildman–Crippen MR) is 127 cm³/mol. The van der Waals surface area contributed by atoms with E-state index in [1.54, 1.807) is 24.3 Å². The minimum absolute atomic E-state index is 0.0286. The van der Waals surface area contributed by atoms with E-state index < -0.39 is 0 Å². The lowest BCUT2D eigenvalue weighted by Gasteiger charge is -2.12. The van der Waals surface area contributed by atoms with Crippen molar-refractivity contribution in [3.05, 3.63) is 106 Å². The number of rotatable bonds is 7. The van der Waals surface area contributed by atoms with Gasteiger partial charge in [0, 0.05) is 22.7 Å². The number of ketones is 1. The van der Waals surface area contributed by atoms with Crippen LogP contribution in [-0.2, 0) is 6.42 Å². The van der Waals surface area contributed by atoms with Crippen LogP contribution in [-0.4, -0.2) is 26.3 Å². The predicted octanol–water partition coefficient (Wildman–Crippen LogP) is 6.10. The maximum absolute atomic E-state index is 12.7. The molecule has 1 aromatic heterocycles. The van der Waals surface area contributed by atoms with Crippen molar-refractivity contribution in [1.82, 2.24) is 14.8 Å². The number of aromatic nitrogens is 3. The quantitative estimate of drug-likeness (QED) is 0.253. The molecule has 0 spiro atoms. The number of carbonyl (C=O) groups excluding carboxylic acids is 1. The highest BCUT2D eigenvalue weighted by molar-refractivity contribution is 7.99. The second kappa shape index (κ2) is 9.50. The van der Waals surface area contributed by atoms with Gasteiger partial charge < -0.3 is 0 Å². The Bertz CT molecular complexity index is 1200. The summed E-state index contributed by atoms with van der Waals surface area (Å²) in [7, 11) is 0. The minimum atomic E-state index is 0.0286. The molecule has 3 aromatic carbocycles. The van der Waals surface area contributed by atoms with Gasteiger partial charge in [-0.1, -0.05) is 59.8 Å². The average molecular weight is 448 g/mol. The first-order valence-corrected chi connectivity index (χ1v) is 11.3. The summed E-state index contributed by atoms with van der Waals surface area (Å²) in [5.41, 5.74) is 5.23.